The van der Waals surface area contributed by atoms with Crippen LogP contribution < -0.4 is 4.74 Å². The largest absolute Gasteiger partial charge is 0.485 e. The Morgan fingerprint density at radius 3 is 2.58 bits per heavy atom. The van der Waals surface area contributed by atoms with Crippen LogP contribution >= 0.6 is 0 Å². The van der Waals surface area contributed by atoms with E-state index in [1.54, 1.807) is 31.2 Å². The zero-order valence-electron chi connectivity index (χ0n) is 10.5. The first-order valence-electron chi connectivity index (χ1n) is 5.99. The van der Waals surface area contributed by atoms with Gasteiger partial charge in [-0.2, -0.15) is 0 Å². The average Bonchev–Trinajstić information content (AvgIpc) is 2.43. The first-order valence-corrected chi connectivity index (χ1v) is 5.99. The molecule has 0 aromatic heterocycles. The molecule has 2 aromatic carbocycles. The third kappa shape index (κ3) is 1.65. The highest BCUT2D eigenvalue weighted by Crippen LogP contribution is 2.41. The number of benzene rings is 2. The van der Waals surface area contributed by atoms with Crippen molar-refractivity contribution in [2.45, 2.75) is 13.5 Å². The molecule has 0 aliphatic carbocycles. The summed E-state index contributed by atoms with van der Waals surface area (Å²) in [5.41, 5.74) is 2.68. The van der Waals surface area contributed by atoms with Crippen LogP contribution in [-0.4, -0.2) is 0 Å². The van der Waals surface area contributed by atoms with Gasteiger partial charge in [0, 0.05) is 16.7 Å². The van der Waals surface area contributed by atoms with Gasteiger partial charge < -0.3 is 4.74 Å². The van der Waals surface area contributed by atoms with Crippen molar-refractivity contribution in [3.63, 3.8) is 0 Å². The molecule has 1 aliphatic rings. The van der Waals surface area contributed by atoms with Gasteiger partial charge in [0.15, 0.2) is 11.6 Å². The summed E-state index contributed by atoms with van der Waals surface area (Å²) in [4.78, 5) is 0. The molecule has 0 unspecified atom stereocenters. The highest BCUT2D eigenvalue weighted by Gasteiger charge is 2.24. The molecule has 0 radical (unpaired) electrons. The molecule has 0 saturated heterocycles. The Kier molecular flexibility index (Phi) is 2.63. The Labute approximate surface area is 110 Å². The lowest BCUT2D eigenvalue weighted by atomic mass is 9.93. The lowest BCUT2D eigenvalue weighted by Gasteiger charge is -2.23. The minimum Gasteiger partial charge on any atom is -0.485 e. The Hall–Kier alpha value is -2.16. The van der Waals surface area contributed by atoms with Crippen molar-refractivity contribution in [3.8, 4) is 16.9 Å². The fourth-order valence-electron chi connectivity index (χ4n) is 2.34. The maximum Gasteiger partial charge on any atom is 0.168 e. The van der Waals surface area contributed by atoms with Gasteiger partial charge in [-0.1, -0.05) is 36.9 Å². The van der Waals surface area contributed by atoms with E-state index in [9.17, 15) is 8.78 Å². The third-order valence-electron chi connectivity index (χ3n) is 3.43. The van der Waals surface area contributed by atoms with E-state index in [0.717, 1.165) is 0 Å². The number of rotatable bonds is 1. The van der Waals surface area contributed by atoms with Gasteiger partial charge in [0.05, 0.1) is 0 Å². The fourth-order valence-corrected chi connectivity index (χ4v) is 2.34. The summed E-state index contributed by atoms with van der Waals surface area (Å²) in [6.07, 6.45) is 1.46. The number of hydrogen-bond donors (Lipinski definition) is 0. The molecule has 1 aliphatic heterocycles. The van der Waals surface area contributed by atoms with E-state index >= 15 is 0 Å². The second kappa shape index (κ2) is 4.19. The molecule has 0 amide bonds. The first-order chi connectivity index (χ1) is 9.13. The summed E-state index contributed by atoms with van der Waals surface area (Å²) in [7, 11) is 0. The number of fused-ring (bicyclic) bond motifs is 3. The van der Waals surface area contributed by atoms with Gasteiger partial charge in [-0.3, -0.25) is 0 Å². The second-order valence-electron chi connectivity index (χ2n) is 4.56. The van der Waals surface area contributed by atoms with E-state index in [1.807, 2.05) is 0 Å². The minimum absolute atomic E-state index is 0.0379. The highest BCUT2D eigenvalue weighted by molar-refractivity contribution is 5.77. The van der Waals surface area contributed by atoms with Crippen molar-refractivity contribution in [1.29, 1.82) is 0 Å². The summed E-state index contributed by atoms with van der Waals surface area (Å²) in [6.45, 7) is 5.28. The van der Waals surface area contributed by atoms with Crippen molar-refractivity contribution in [3.05, 3.63) is 59.2 Å². The predicted octanol–water partition coefficient (Wildman–Crippen LogP) is 4.48. The fraction of sp³-hybridized carbons (Fsp3) is 0.125. The van der Waals surface area contributed by atoms with Gasteiger partial charge in [0.25, 0.3) is 0 Å². The van der Waals surface area contributed by atoms with Crippen molar-refractivity contribution < 1.29 is 13.5 Å². The number of halogens is 2. The first kappa shape index (κ1) is 11.9. The van der Waals surface area contributed by atoms with Crippen LogP contribution in [0.3, 0.4) is 0 Å². The normalized spacial score (nSPS) is 12.4. The van der Waals surface area contributed by atoms with Gasteiger partial charge in [-0.15, -0.1) is 0 Å². The average molecular weight is 258 g/mol. The van der Waals surface area contributed by atoms with E-state index in [1.165, 1.54) is 6.08 Å². The summed E-state index contributed by atoms with van der Waals surface area (Å²) >= 11 is 0. The van der Waals surface area contributed by atoms with E-state index in [-0.39, 0.29) is 24.0 Å². The third-order valence-corrected chi connectivity index (χ3v) is 3.43. The predicted molar refractivity (Wildman–Crippen MR) is 71.0 cm³/mol. The molecule has 1 nitrogen and oxygen atoms in total. The SMILES string of the molecule is C=Cc1ccc2c(c1F)COc1c-2ccc(C)c1F. The van der Waals surface area contributed by atoms with E-state index in [0.29, 0.717) is 27.8 Å². The van der Waals surface area contributed by atoms with Crippen LogP contribution in [0.15, 0.2) is 30.8 Å². The summed E-state index contributed by atoms with van der Waals surface area (Å²) in [6, 6.07) is 6.87. The van der Waals surface area contributed by atoms with Crippen LogP contribution in [0.4, 0.5) is 8.78 Å². The van der Waals surface area contributed by atoms with E-state index < -0.39 is 0 Å². The van der Waals surface area contributed by atoms with Gasteiger partial charge >= 0.3 is 0 Å². The minimum atomic E-state index is -0.378. The Bertz CT molecular complexity index is 690. The zero-order chi connectivity index (χ0) is 13.6. The molecule has 2 aromatic rings. The van der Waals surface area contributed by atoms with E-state index in [2.05, 4.69) is 6.58 Å². The zero-order valence-corrected chi connectivity index (χ0v) is 10.5. The molecule has 1 heterocycles. The number of hydrogen-bond acceptors (Lipinski definition) is 1. The maximum absolute atomic E-state index is 14.2. The number of ether oxygens (including phenoxy) is 1. The van der Waals surface area contributed by atoms with Gasteiger partial charge in [0.1, 0.15) is 12.4 Å². The number of aryl methyl sites for hydroxylation is 1. The molecule has 96 valence electrons. The van der Waals surface area contributed by atoms with Crippen molar-refractivity contribution in [2.24, 2.45) is 0 Å². The molecule has 0 saturated carbocycles. The van der Waals surface area contributed by atoms with Crippen LogP contribution in [0.2, 0.25) is 0 Å². The van der Waals surface area contributed by atoms with Crippen molar-refractivity contribution >= 4 is 6.08 Å². The van der Waals surface area contributed by atoms with Crippen LogP contribution in [0.25, 0.3) is 17.2 Å². The Morgan fingerprint density at radius 1 is 1.11 bits per heavy atom. The molecule has 0 spiro atoms. The molecule has 0 atom stereocenters. The second-order valence-corrected chi connectivity index (χ2v) is 4.56. The van der Waals surface area contributed by atoms with Crippen LogP contribution in [-0.2, 0) is 6.61 Å². The maximum atomic E-state index is 14.2. The molecule has 3 heteroatoms. The topological polar surface area (TPSA) is 9.23 Å². The Morgan fingerprint density at radius 2 is 1.84 bits per heavy atom. The standard InChI is InChI=1S/C16H12F2O/c1-3-10-5-7-11-12-6-4-9(2)14(17)16(12)19-8-13(11)15(10)18/h3-7H,1,8H2,2H3. The molecule has 0 bridgehead atoms. The highest BCUT2D eigenvalue weighted by atomic mass is 19.1. The molecule has 0 N–H and O–H groups in total. The smallest absolute Gasteiger partial charge is 0.168 e. The molecular formula is C16H12F2O. The molecule has 19 heavy (non-hydrogen) atoms. The monoisotopic (exact) mass is 258 g/mol. The lowest BCUT2D eigenvalue weighted by Crippen LogP contribution is -2.10. The lowest BCUT2D eigenvalue weighted by molar-refractivity contribution is 0.280. The van der Waals surface area contributed by atoms with E-state index in [4.69, 9.17) is 4.74 Å². The Balaban J connectivity index is 2.29. The summed E-state index contributed by atoms with van der Waals surface area (Å²) in [5.74, 6) is -0.520. The van der Waals surface area contributed by atoms with Crippen molar-refractivity contribution in [2.75, 3.05) is 0 Å². The van der Waals surface area contributed by atoms with Crippen molar-refractivity contribution in [1.82, 2.24) is 0 Å². The van der Waals surface area contributed by atoms with Crippen LogP contribution in [0.5, 0.6) is 5.75 Å². The van der Waals surface area contributed by atoms with Crippen LogP contribution in [0.1, 0.15) is 16.7 Å². The molecule has 3 rings (SSSR count). The summed E-state index contributed by atoms with van der Waals surface area (Å²) < 4.78 is 33.6. The van der Waals surface area contributed by atoms with Gasteiger partial charge in [0.2, 0.25) is 0 Å². The molecular weight excluding hydrogens is 246 g/mol. The van der Waals surface area contributed by atoms with Crippen LogP contribution in [0, 0.1) is 18.6 Å². The molecule has 0 fully saturated rings. The summed E-state index contributed by atoms with van der Waals surface area (Å²) in [5, 5.41) is 0. The van der Waals surface area contributed by atoms with Gasteiger partial charge in [-0.05, 0) is 18.1 Å². The van der Waals surface area contributed by atoms with Gasteiger partial charge in [-0.25, -0.2) is 8.78 Å². The quantitative estimate of drug-likeness (QED) is 0.733.